The van der Waals surface area contributed by atoms with E-state index in [1.165, 1.54) is 11.1 Å². The van der Waals surface area contributed by atoms with Crippen LogP contribution in [0, 0.1) is 0 Å². The number of fused-ring (bicyclic) bond motifs is 3. The summed E-state index contributed by atoms with van der Waals surface area (Å²) in [5.41, 5.74) is 5.53. The first kappa shape index (κ1) is 17.4. The minimum atomic E-state index is -0.510. The average Bonchev–Trinajstić information content (AvgIpc) is 3.34. The fourth-order valence-electron chi connectivity index (χ4n) is 4.98. The molecule has 1 fully saturated rings. The zero-order chi connectivity index (χ0) is 20.1. The molecule has 1 spiro atoms. The third kappa shape index (κ3) is 2.65. The summed E-state index contributed by atoms with van der Waals surface area (Å²) in [6.45, 7) is 0. The highest BCUT2D eigenvalue weighted by Crippen LogP contribution is 2.49. The Balaban J connectivity index is 1.26. The van der Waals surface area contributed by atoms with Crippen molar-refractivity contribution in [3.8, 4) is 11.1 Å². The minimum absolute atomic E-state index is 0.219. The van der Waals surface area contributed by atoms with Crippen LogP contribution in [-0.4, -0.2) is 20.9 Å². The molecule has 5 heteroatoms. The lowest BCUT2D eigenvalue weighted by molar-refractivity contribution is -0.0313. The summed E-state index contributed by atoms with van der Waals surface area (Å²) in [6, 6.07) is 18.5. The zero-order valence-corrected chi connectivity index (χ0v) is 16.5. The molecule has 0 atom stereocenters. The van der Waals surface area contributed by atoms with Gasteiger partial charge in [-0.1, -0.05) is 36.4 Å². The Morgan fingerprint density at radius 1 is 1.00 bits per heavy atom. The summed E-state index contributed by atoms with van der Waals surface area (Å²) >= 11 is 0. The van der Waals surface area contributed by atoms with Gasteiger partial charge in [-0.15, -0.1) is 0 Å². The highest BCUT2D eigenvalue weighted by atomic mass is 16.6. The van der Waals surface area contributed by atoms with Crippen molar-refractivity contribution in [2.75, 3.05) is 0 Å². The van der Waals surface area contributed by atoms with Gasteiger partial charge in [0.15, 0.2) is 0 Å². The molecule has 0 amide bonds. The summed E-state index contributed by atoms with van der Waals surface area (Å²) in [5, 5.41) is 0. The number of carbonyl (C=O) groups excluding carboxylic acids is 1. The summed E-state index contributed by atoms with van der Waals surface area (Å²) < 4.78 is 5.86. The van der Waals surface area contributed by atoms with Crippen molar-refractivity contribution in [3.63, 3.8) is 0 Å². The molecule has 0 radical (unpaired) electrons. The number of rotatable bonds is 2. The van der Waals surface area contributed by atoms with E-state index in [-0.39, 0.29) is 5.97 Å². The first-order valence-corrected chi connectivity index (χ1v) is 10.4. The predicted molar refractivity (Wildman–Crippen MR) is 114 cm³/mol. The first-order valence-electron chi connectivity index (χ1n) is 10.4. The van der Waals surface area contributed by atoms with Crippen molar-refractivity contribution in [1.29, 1.82) is 0 Å². The topological polar surface area (TPSA) is 67.9 Å². The molecule has 0 bridgehead atoms. The van der Waals surface area contributed by atoms with Crippen LogP contribution in [0.4, 0.5) is 0 Å². The lowest BCUT2D eigenvalue weighted by Gasteiger charge is -2.35. The van der Waals surface area contributed by atoms with E-state index in [1.807, 2.05) is 6.07 Å². The molecule has 1 saturated carbocycles. The fourth-order valence-corrected chi connectivity index (χ4v) is 4.98. The van der Waals surface area contributed by atoms with Gasteiger partial charge >= 0.3 is 5.97 Å². The van der Waals surface area contributed by atoms with Gasteiger partial charge in [-0.2, -0.15) is 0 Å². The lowest BCUT2D eigenvalue weighted by atomic mass is 9.75. The number of aromatic amines is 1. The van der Waals surface area contributed by atoms with E-state index in [9.17, 15) is 4.79 Å². The van der Waals surface area contributed by atoms with Gasteiger partial charge < -0.3 is 9.72 Å². The smallest absolute Gasteiger partial charge is 0.339 e. The third-order valence-corrected chi connectivity index (χ3v) is 6.61. The van der Waals surface area contributed by atoms with Crippen molar-refractivity contribution >= 4 is 17.0 Å². The molecule has 30 heavy (non-hydrogen) atoms. The van der Waals surface area contributed by atoms with Gasteiger partial charge in [-0.3, -0.25) is 4.98 Å². The van der Waals surface area contributed by atoms with Crippen molar-refractivity contribution in [2.45, 2.75) is 37.2 Å². The fraction of sp³-hybridized carbons (Fsp3) is 0.240. The van der Waals surface area contributed by atoms with Crippen molar-refractivity contribution in [1.82, 2.24) is 15.0 Å². The molecule has 4 aromatic rings. The number of pyridine rings is 1. The largest absolute Gasteiger partial charge is 0.450 e. The maximum Gasteiger partial charge on any atom is 0.339 e. The molecule has 2 aromatic heterocycles. The molecule has 1 aliphatic heterocycles. The van der Waals surface area contributed by atoms with Crippen LogP contribution in [0.15, 0.2) is 67.0 Å². The maximum absolute atomic E-state index is 12.3. The number of nitrogens with zero attached hydrogens (tertiary/aromatic N) is 2. The van der Waals surface area contributed by atoms with Gasteiger partial charge in [0.1, 0.15) is 11.4 Å². The second kappa shape index (κ2) is 6.52. The minimum Gasteiger partial charge on any atom is -0.450 e. The Kier molecular flexibility index (Phi) is 3.78. The first-order chi connectivity index (χ1) is 14.7. The Bertz CT molecular complexity index is 1250. The van der Waals surface area contributed by atoms with Gasteiger partial charge in [0, 0.05) is 23.9 Å². The zero-order valence-electron chi connectivity index (χ0n) is 16.5. The maximum atomic E-state index is 12.3. The monoisotopic (exact) mass is 395 g/mol. The third-order valence-electron chi connectivity index (χ3n) is 6.61. The van der Waals surface area contributed by atoms with Crippen molar-refractivity contribution in [2.24, 2.45) is 0 Å². The van der Waals surface area contributed by atoms with Gasteiger partial charge in [0.2, 0.25) is 0 Å². The number of imidazole rings is 1. The molecule has 1 aliphatic carbocycles. The summed E-state index contributed by atoms with van der Waals surface area (Å²) in [4.78, 5) is 25.0. The van der Waals surface area contributed by atoms with Crippen LogP contribution < -0.4 is 0 Å². The molecule has 3 heterocycles. The van der Waals surface area contributed by atoms with E-state index in [2.05, 4.69) is 52.4 Å². The standard InChI is InChI=1S/C25H21N3O2/c29-24-19-10-13-26-15-20(19)25(30-24)11-8-17(9-12-25)23-27-21-7-6-18(14-22(21)28-23)16-4-2-1-3-5-16/h1-7,10,13-15,17H,8-9,11-12H2,(H,27,28)/t17-,25+. The van der Waals surface area contributed by atoms with Crippen LogP contribution >= 0.6 is 0 Å². The Hall–Kier alpha value is -3.47. The van der Waals surface area contributed by atoms with Gasteiger partial charge in [0.25, 0.3) is 0 Å². The van der Waals surface area contributed by atoms with E-state index in [4.69, 9.17) is 9.72 Å². The van der Waals surface area contributed by atoms with Crippen molar-refractivity contribution in [3.05, 3.63) is 83.9 Å². The van der Waals surface area contributed by atoms with Gasteiger partial charge in [-0.25, -0.2) is 9.78 Å². The number of nitrogens with one attached hydrogen (secondary N) is 1. The van der Waals surface area contributed by atoms with E-state index in [0.717, 1.165) is 48.1 Å². The number of benzene rings is 2. The van der Waals surface area contributed by atoms with E-state index in [0.29, 0.717) is 11.5 Å². The number of esters is 1. The molecule has 0 unspecified atom stereocenters. The molecule has 6 rings (SSSR count). The number of hydrogen-bond donors (Lipinski definition) is 1. The lowest BCUT2D eigenvalue weighted by Crippen LogP contribution is -2.31. The van der Waals surface area contributed by atoms with E-state index >= 15 is 0 Å². The number of H-pyrrole nitrogens is 1. The summed E-state index contributed by atoms with van der Waals surface area (Å²) in [7, 11) is 0. The molecule has 2 aromatic carbocycles. The molecular weight excluding hydrogens is 374 g/mol. The van der Waals surface area contributed by atoms with E-state index in [1.54, 1.807) is 18.5 Å². The summed E-state index contributed by atoms with van der Waals surface area (Å²) in [5.74, 6) is 1.14. The molecule has 0 saturated heterocycles. The average molecular weight is 395 g/mol. The SMILES string of the molecule is O=C1O[C@]2(CC[C@@H](c3nc4cc(-c5ccccc5)ccc4[nH]3)CC2)c2cnccc21. The Labute approximate surface area is 174 Å². The van der Waals surface area contributed by atoms with E-state index < -0.39 is 5.60 Å². The second-order valence-electron chi connectivity index (χ2n) is 8.30. The number of ether oxygens (including phenoxy) is 1. The highest BCUT2D eigenvalue weighted by Gasteiger charge is 2.48. The molecule has 1 N–H and O–H groups in total. The number of hydrogen-bond acceptors (Lipinski definition) is 4. The Morgan fingerprint density at radius 2 is 1.83 bits per heavy atom. The normalized spacial score (nSPS) is 22.9. The molecule has 148 valence electrons. The second-order valence-corrected chi connectivity index (χ2v) is 8.30. The quantitative estimate of drug-likeness (QED) is 0.465. The van der Waals surface area contributed by atoms with Crippen molar-refractivity contribution < 1.29 is 9.53 Å². The summed E-state index contributed by atoms with van der Waals surface area (Å²) in [6.07, 6.45) is 6.90. The predicted octanol–water partition coefficient (Wildman–Crippen LogP) is 5.35. The van der Waals surface area contributed by atoms with Crippen LogP contribution in [0.25, 0.3) is 22.2 Å². The van der Waals surface area contributed by atoms with Crippen LogP contribution in [-0.2, 0) is 10.3 Å². The number of carbonyl (C=O) groups is 1. The van der Waals surface area contributed by atoms with Crippen LogP contribution in [0.2, 0.25) is 0 Å². The van der Waals surface area contributed by atoms with Gasteiger partial charge in [-0.05, 0) is 55.0 Å². The molecular formula is C25H21N3O2. The van der Waals surface area contributed by atoms with Crippen LogP contribution in [0.5, 0.6) is 0 Å². The van der Waals surface area contributed by atoms with Gasteiger partial charge in [0.05, 0.1) is 16.6 Å². The van der Waals surface area contributed by atoms with Crippen LogP contribution in [0.1, 0.15) is 53.3 Å². The molecule has 5 nitrogen and oxygen atoms in total. The number of aromatic nitrogens is 3. The Morgan fingerprint density at radius 3 is 2.67 bits per heavy atom. The van der Waals surface area contributed by atoms with Crippen LogP contribution in [0.3, 0.4) is 0 Å². The highest BCUT2D eigenvalue weighted by molar-refractivity contribution is 5.94. The molecule has 2 aliphatic rings.